The summed E-state index contributed by atoms with van der Waals surface area (Å²) in [5, 5.41) is 10.9. The number of ketones is 1. The third kappa shape index (κ3) is 7.31. The van der Waals surface area contributed by atoms with E-state index >= 15 is 0 Å². The second-order valence-corrected chi connectivity index (χ2v) is 7.76. The smallest absolute Gasteiger partial charge is 0.429 e. The van der Waals surface area contributed by atoms with Crippen molar-refractivity contribution in [3.63, 3.8) is 0 Å². The van der Waals surface area contributed by atoms with Gasteiger partial charge >= 0.3 is 18.2 Å². The number of nitrogens with zero attached hydrogens (tertiary/aromatic N) is 1. The summed E-state index contributed by atoms with van der Waals surface area (Å²) in [6.07, 6.45) is -9.12. The average Bonchev–Trinajstić information content (AvgIpc) is 2.75. The van der Waals surface area contributed by atoms with Crippen molar-refractivity contribution in [3.8, 4) is 0 Å². The predicted octanol–water partition coefficient (Wildman–Crippen LogP) is 3.43. The number of halogens is 5. The van der Waals surface area contributed by atoms with Crippen molar-refractivity contribution in [2.75, 3.05) is 13.2 Å². The maximum Gasteiger partial charge on any atom is 0.429 e. The zero-order chi connectivity index (χ0) is 24.8. The summed E-state index contributed by atoms with van der Waals surface area (Å²) >= 11 is 5.74. The first kappa shape index (κ1) is 26.4. The topological polar surface area (TPSA) is 113 Å². The van der Waals surface area contributed by atoms with Crippen LogP contribution in [0.5, 0.6) is 0 Å². The summed E-state index contributed by atoms with van der Waals surface area (Å²) in [6.45, 7) is -1.64. The Hall–Kier alpha value is -2.89. The first-order valence-electron chi connectivity index (χ1n) is 9.84. The number of piperidine rings is 1. The Labute approximate surface area is 190 Å². The number of rotatable bonds is 8. The van der Waals surface area contributed by atoms with E-state index in [1.54, 1.807) is 0 Å². The number of carbonyl (C=O) groups is 4. The third-order valence-electron chi connectivity index (χ3n) is 4.92. The number of ether oxygens (including phenoxy) is 1. The molecule has 182 valence electrons. The standard InChI is InChI=1S/C20H21ClF4N2O6/c21-12-5-3-4-11(8-12)17(20(23,24)25)33-19(32)27-7-2-1-6-14(27)18(31)26-13(9-16(29)30)15(28)10-22/h3-5,8,13-14,17H,1-2,6-7,9-10H2,(H,26,31)(H,29,30)/t13?,14-,17+/m0/s1. The zero-order valence-electron chi connectivity index (χ0n) is 17.1. The number of hydrogen-bond acceptors (Lipinski definition) is 5. The Morgan fingerprint density at radius 2 is 1.94 bits per heavy atom. The van der Waals surface area contributed by atoms with Crippen molar-refractivity contribution in [2.24, 2.45) is 0 Å². The Morgan fingerprint density at radius 3 is 2.52 bits per heavy atom. The van der Waals surface area contributed by atoms with E-state index in [1.165, 1.54) is 12.1 Å². The first-order valence-corrected chi connectivity index (χ1v) is 10.2. The van der Waals surface area contributed by atoms with Gasteiger partial charge in [-0.3, -0.25) is 19.3 Å². The minimum absolute atomic E-state index is 0.00460. The Balaban J connectivity index is 2.21. The third-order valence-corrected chi connectivity index (χ3v) is 5.16. The summed E-state index contributed by atoms with van der Waals surface area (Å²) in [5.74, 6) is -3.66. The first-order chi connectivity index (χ1) is 15.4. The van der Waals surface area contributed by atoms with Gasteiger partial charge in [0.15, 0.2) is 5.78 Å². The van der Waals surface area contributed by atoms with Gasteiger partial charge in [0.25, 0.3) is 0 Å². The highest BCUT2D eigenvalue weighted by Crippen LogP contribution is 2.37. The molecule has 2 N–H and O–H groups in total. The molecule has 1 aliphatic rings. The SMILES string of the molecule is O=C(O)CC(NC(=O)[C@@H]1CCCCN1C(=O)O[C@H](c1cccc(Cl)c1)C(F)(F)F)C(=O)CF. The highest BCUT2D eigenvalue weighted by molar-refractivity contribution is 6.30. The van der Waals surface area contributed by atoms with Gasteiger partial charge in [-0.15, -0.1) is 0 Å². The van der Waals surface area contributed by atoms with Crippen LogP contribution in [0.2, 0.25) is 5.02 Å². The van der Waals surface area contributed by atoms with Crippen LogP contribution < -0.4 is 5.32 Å². The van der Waals surface area contributed by atoms with Crippen molar-refractivity contribution >= 4 is 35.4 Å². The molecule has 1 saturated heterocycles. The molecule has 0 bridgehead atoms. The number of benzene rings is 1. The summed E-state index contributed by atoms with van der Waals surface area (Å²) in [6, 6.07) is 1.66. The lowest BCUT2D eigenvalue weighted by atomic mass is 10.0. The average molecular weight is 497 g/mol. The molecule has 1 unspecified atom stereocenters. The molecular weight excluding hydrogens is 476 g/mol. The summed E-state index contributed by atoms with van der Waals surface area (Å²) in [5.41, 5.74) is -0.420. The molecule has 0 aliphatic carbocycles. The molecule has 1 fully saturated rings. The van der Waals surface area contributed by atoms with Gasteiger partial charge in [0.1, 0.15) is 18.8 Å². The molecule has 0 spiro atoms. The fraction of sp³-hybridized carbons (Fsp3) is 0.500. The molecule has 33 heavy (non-hydrogen) atoms. The number of carboxylic acids is 1. The van der Waals surface area contributed by atoms with E-state index in [0.29, 0.717) is 12.8 Å². The Kier molecular flexibility index (Phi) is 9.03. The van der Waals surface area contributed by atoms with Gasteiger partial charge in [-0.25, -0.2) is 9.18 Å². The highest BCUT2D eigenvalue weighted by atomic mass is 35.5. The number of alkyl halides is 4. The molecule has 0 saturated carbocycles. The number of hydrogen-bond donors (Lipinski definition) is 2. The molecule has 1 aromatic rings. The highest BCUT2D eigenvalue weighted by Gasteiger charge is 2.46. The Morgan fingerprint density at radius 1 is 1.24 bits per heavy atom. The minimum Gasteiger partial charge on any atom is -0.481 e. The molecule has 0 aromatic heterocycles. The number of Topliss-reactive ketones (excluding diaryl/α,β-unsaturated/α-hetero) is 1. The molecule has 2 rings (SSSR count). The van der Waals surface area contributed by atoms with Crippen LogP contribution in [-0.4, -0.2) is 65.2 Å². The Bertz CT molecular complexity index is 898. The molecule has 1 aromatic carbocycles. The second kappa shape index (κ2) is 11.3. The molecule has 2 amide bonds. The van der Waals surface area contributed by atoms with Crippen LogP contribution in [0.3, 0.4) is 0 Å². The lowest BCUT2D eigenvalue weighted by molar-refractivity contribution is -0.209. The monoisotopic (exact) mass is 496 g/mol. The molecule has 13 heteroatoms. The second-order valence-electron chi connectivity index (χ2n) is 7.32. The van der Waals surface area contributed by atoms with E-state index in [1.807, 2.05) is 0 Å². The fourth-order valence-electron chi connectivity index (χ4n) is 3.37. The fourth-order valence-corrected chi connectivity index (χ4v) is 3.56. The number of aliphatic carboxylic acids is 1. The number of amides is 2. The van der Waals surface area contributed by atoms with Crippen LogP contribution in [0, 0.1) is 0 Å². The molecular formula is C20H21ClF4N2O6. The van der Waals surface area contributed by atoms with Crippen molar-refractivity contribution in [2.45, 2.75) is 50.0 Å². The minimum atomic E-state index is -4.98. The van der Waals surface area contributed by atoms with Gasteiger partial charge in [0.05, 0.1) is 6.42 Å². The number of carbonyl (C=O) groups excluding carboxylic acids is 3. The van der Waals surface area contributed by atoms with E-state index in [2.05, 4.69) is 5.32 Å². The predicted molar refractivity (Wildman–Crippen MR) is 106 cm³/mol. The van der Waals surface area contributed by atoms with Crippen molar-refractivity contribution in [3.05, 3.63) is 34.9 Å². The summed E-state index contributed by atoms with van der Waals surface area (Å²) < 4.78 is 58.2. The van der Waals surface area contributed by atoms with E-state index in [-0.39, 0.29) is 18.0 Å². The normalized spacial score (nSPS) is 18.2. The largest absolute Gasteiger partial charge is 0.481 e. The van der Waals surface area contributed by atoms with Gasteiger partial charge in [0.2, 0.25) is 12.0 Å². The molecule has 1 heterocycles. The number of likely N-dealkylation sites (tertiary alicyclic amines) is 1. The van der Waals surface area contributed by atoms with Gasteiger partial charge in [-0.05, 0) is 31.4 Å². The van der Waals surface area contributed by atoms with E-state index in [9.17, 15) is 36.7 Å². The maximum absolute atomic E-state index is 13.6. The summed E-state index contributed by atoms with van der Waals surface area (Å²) in [4.78, 5) is 48.6. The van der Waals surface area contributed by atoms with Crippen LogP contribution in [0.25, 0.3) is 0 Å². The molecule has 0 radical (unpaired) electrons. The van der Waals surface area contributed by atoms with Crippen LogP contribution in [0.4, 0.5) is 22.4 Å². The van der Waals surface area contributed by atoms with Crippen molar-refractivity contribution in [1.29, 1.82) is 0 Å². The van der Waals surface area contributed by atoms with Crippen LogP contribution in [-0.2, 0) is 19.1 Å². The van der Waals surface area contributed by atoms with Gasteiger partial charge in [0, 0.05) is 17.1 Å². The van der Waals surface area contributed by atoms with E-state index in [0.717, 1.165) is 17.0 Å². The molecule has 1 aliphatic heterocycles. The van der Waals surface area contributed by atoms with Crippen LogP contribution in [0.15, 0.2) is 24.3 Å². The van der Waals surface area contributed by atoms with Gasteiger partial charge in [-0.2, -0.15) is 13.2 Å². The maximum atomic E-state index is 13.6. The van der Waals surface area contributed by atoms with Crippen LogP contribution >= 0.6 is 11.6 Å². The zero-order valence-corrected chi connectivity index (χ0v) is 17.9. The lowest BCUT2D eigenvalue weighted by Crippen LogP contribution is -2.55. The van der Waals surface area contributed by atoms with Gasteiger partial charge in [-0.1, -0.05) is 23.7 Å². The summed E-state index contributed by atoms with van der Waals surface area (Å²) in [7, 11) is 0. The number of carboxylic acid groups (broad SMARTS) is 1. The molecule has 3 atom stereocenters. The van der Waals surface area contributed by atoms with Crippen LogP contribution in [0.1, 0.15) is 37.4 Å². The number of nitrogens with one attached hydrogen (secondary N) is 1. The lowest BCUT2D eigenvalue weighted by Gasteiger charge is -2.35. The van der Waals surface area contributed by atoms with Crippen molar-refractivity contribution < 1.29 is 46.6 Å². The van der Waals surface area contributed by atoms with E-state index < -0.39 is 66.8 Å². The van der Waals surface area contributed by atoms with E-state index in [4.69, 9.17) is 21.4 Å². The van der Waals surface area contributed by atoms with Gasteiger partial charge < -0.3 is 15.2 Å². The molecule has 8 nitrogen and oxygen atoms in total. The van der Waals surface area contributed by atoms with Crippen molar-refractivity contribution in [1.82, 2.24) is 10.2 Å². The quantitative estimate of drug-likeness (QED) is 0.533.